The minimum atomic E-state index is -0.112. The van der Waals surface area contributed by atoms with E-state index in [0.29, 0.717) is 5.56 Å². The molecule has 0 heterocycles. The molecule has 21 heavy (non-hydrogen) atoms. The fraction of sp³-hybridized carbons (Fsp3) is 0.278. The van der Waals surface area contributed by atoms with Crippen LogP contribution in [-0.4, -0.2) is 13.0 Å². The van der Waals surface area contributed by atoms with Crippen molar-refractivity contribution in [3.63, 3.8) is 0 Å². The lowest BCUT2D eigenvalue weighted by Crippen LogP contribution is -2.11. The minimum absolute atomic E-state index is 0.112. The predicted molar refractivity (Wildman–Crippen MR) is 86.0 cm³/mol. The van der Waals surface area contributed by atoms with Gasteiger partial charge in [0, 0.05) is 11.3 Å². The fourth-order valence-corrected chi connectivity index (χ4v) is 2.08. The van der Waals surface area contributed by atoms with Gasteiger partial charge in [0.05, 0.1) is 7.11 Å². The largest absolute Gasteiger partial charge is 0.497 e. The monoisotopic (exact) mass is 283 g/mol. The Hall–Kier alpha value is -2.29. The molecule has 0 unspecified atom stereocenters. The molecule has 110 valence electrons. The van der Waals surface area contributed by atoms with E-state index >= 15 is 0 Å². The van der Waals surface area contributed by atoms with E-state index < -0.39 is 0 Å². The van der Waals surface area contributed by atoms with Crippen LogP contribution in [0, 0.1) is 0 Å². The van der Waals surface area contributed by atoms with Crippen molar-refractivity contribution in [2.24, 2.45) is 0 Å². The van der Waals surface area contributed by atoms with Gasteiger partial charge < -0.3 is 10.1 Å². The standard InChI is InChI=1S/C18H21NO2/c1-3-4-5-14-6-10-16(11-7-14)19-18(20)15-8-12-17(21-2)13-9-15/h6-13H,3-5H2,1-2H3,(H,19,20). The van der Waals surface area contributed by atoms with Gasteiger partial charge in [-0.05, 0) is 54.8 Å². The molecule has 3 heteroatoms. The number of carbonyl (C=O) groups is 1. The third kappa shape index (κ3) is 4.35. The maximum atomic E-state index is 12.1. The average molecular weight is 283 g/mol. The number of aryl methyl sites for hydroxylation is 1. The van der Waals surface area contributed by atoms with Crippen molar-refractivity contribution in [3.8, 4) is 5.75 Å². The topological polar surface area (TPSA) is 38.3 Å². The molecule has 0 saturated carbocycles. The molecule has 0 aliphatic heterocycles. The summed E-state index contributed by atoms with van der Waals surface area (Å²) in [6, 6.07) is 15.1. The number of unbranched alkanes of at least 4 members (excludes halogenated alkanes) is 1. The highest BCUT2D eigenvalue weighted by Gasteiger charge is 2.06. The van der Waals surface area contributed by atoms with Crippen molar-refractivity contribution < 1.29 is 9.53 Å². The Bertz CT molecular complexity index is 573. The number of ether oxygens (including phenoxy) is 1. The van der Waals surface area contributed by atoms with E-state index in [1.165, 1.54) is 18.4 Å². The van der Waals surface area contributed by atoms with Gasteiger partial charge >= 0.3 is 0 Å². The molecule has 0 atom stereocenters. The first kappa shape index (κ1) is 15.1. The van der Waals surface area contributed by atoms with Crippen LogP contribution >= 0.6 is 0 Å². The van der Waals surface area contributed by atoms with E-state index in [9.17, 15) is 4.79 Å². The van der Waals surface area contributed by atoms with Crippen LogP contribution in [0.25, 0.3) is 0 Å². The SMILES string of the molecule is CCCCc1ccc(NC(=O)c2ccc(OC)cc2)cc1. The smallest absolute Gasteiger partial charge is 0.255 e. The first-order valence-electron chi connectivity index (χ1n) is 7.27. The highest BCUT2D eigenvalue weighted by molar-refractivity contribution is 6.04. The van der Waals surface area contributed by atoms with E-state index in [4.69, 9.17) is 4.74 Å². The van der Waals surface area contributed by atoms with Crippen LogP contribution in [0.5, 0.6) is 5.75 Å². The lowest BCUT2D eigenvalue weighted by molar-refractivity contribution is 0.102. The molecule has 1 N–H and O–H groups in total. The first-order chi connectivity index (χ1) is 10.2. The summed E-state index contributed by atoms with van der Waals surface area (Å²) in [5, 5.41) is 2.90. The van der Waals surface area contributed by atoms with Gasteiger partial charge in [0.1, 0.15) is 5.75 Å². The van der Waals surface area contributed by atoms with Crippen molar-refractivity contribution in [2.45, 2.75) is 26.2 Å². The Balaban J connectivity index is 1.98. The van der Waals surface area contributed by atoms with Crippen LogP contribution < -0.4 is 10.1 Å². The maximum absolute atomic E-state index is 12.1. The number of rotatable bonds is 6. The number of hydrogen-bond acceptors (Lipinski definition) is 2. The Labute approximate surface area is 126 Å². The zero-order valence-electron chi connectivity index (χ0n) is 12.6. The molecular formula is C18H21NO2. The zero-order valence-corrected chi connectivity index (χ0v) is 12.6. The predicted octanol–water partition coefficient (Wildman–Crippen LogP) is 4.29. The third-order valence-corrected chi connectivity index (χ3v) is 3.38. The van der Waals surface area contributed by atoms with Crippen molar-refractivity contribution in [2.75, 3.05) is 12.4 Å². The number of nitrogens with one attached hydrogen (secondary N) is 1. The number of carbonyl (C=O) groups excluding carboxylic acids is 1. The molecule has 0 aliphatic carbocycles. The Morgan fingerprint density at radius 1 is 1.05 bits per heavy atom. The quantitative estimate of drug-likeness (QED) is 0.858. The van der Waals surface area contributed by atoms with E-state index in [0.717, 1.165) is 17.9 Å². The van der Waals surface area contributed by atoms with Crippen molar-refractivity contribution >= 4 is 11.6 Å². The van der Waals surface area contributed by atoms with Crippen LogP contribution in [0.4, 0.5) is 5.69 Å². The molecule has 2 rings (SSSR count). The number of hydrogen-bond donors (Lipinski definition) is 1. The number of methoxy groups -OCH3 is 1. The Morgan fingerprint density at radius 3 is 2.29 bits per heavy atom. The van der Waals surface area contributed by atoms with Gasteiger partial charge in [-0.15, -0.1) is 0 Å². The van der Waals surface area contributed by atoms with Crippen molar-refractivity contribution in [3.05, 3.63) is 59.7 Å². The normalized spacial score (nSPS) is 10.2. The van der Waals surface area contributed by atoms with E-state index in [1.807, 2.05) is 12.1 Å². The number of anilines is 1. The average Bonchev–Trinajstić information content (AvgIpc) is 2.54. The molecule has 0 fully saturated rings. The van der Waals surface area contributed by atoms with Crippen LogP contribution in [0.3, 0.4) is 0 Å². The molecule has 0 aliphatic rings. The highest BCUT2D eigenvalue weighted by Crippen LogP contribution is 2.15. The van der Waals surface area contributed by atoms with Crippen LogP contribution in [-0.2, 0) is 6.42 Å². The van der Waals surface area contributed by atoms with Gasteiger partial charge in [0.25, 0.3) is 5.91 Å². The molecule has 0 aromatic heterocycles. The molecule has 0 saturated heterocycles. The second-order valence-corrected chi connectivity index (χ2v) is 4.98. The van der Waals surface area contributed by atoms with E-state index in [1.54, 1.807) is 31.4 Å². The van der Waals surface area contributed by atoms with Gasteiger partial charge in [0.2, 0.25) is 0 Å². The highest BCUT2D eigenvalue weighted by atomic mass is 16.5. The van der Waals surface area contributed by atoms with Gasteiger partial charge in [0.15, 0.2) is 0 Å². The second kappa shape index (κ2) is 7.48. The number of benzene rings is 2. The maximum Gasteiger partial charge on any atom is 0.255 e. The lowest BCUT2D eigenvalue weighted by Gasteiger charge is -2.07. The molecule has 1 amide bonds. The fourth-order valence-electron chi connectivity index (χ4n) is 2.08. The van der Waals surface area contributed by atoms with Crippen LogP contribution in [0.1, 0.15) is 35.7 Å². The summed E-state index contributed by atoms with van der Waals surface area (Å²) in [5.41, 5.74) is 2.74. The van der Waals surface area contributed by atoms with E-state index in [2.05, 4.69) is 24.4 Å². The van der Waals surface area contributed by atoms with Gasteiger partial charge in [-0.25, -0.2) is 0 Å². The van der Waals surface area contributed by atoms with Crippen molar-refractivity contribution in [1.82, 2.24) is 0 Å². The summed E-state index contributed by atoms with van der Waals surface area (Å²) < 4.78 is 5.08. The molecule has 2 aromatic carbocycles. The van der Waals surface area contributed by atoms with Gasteiger partial charge in [-0.3, -0.25) is 4.79 Å². The van der Waals surface area contributed by atoms with E-state index in [-0.39, 0.29) is 5.91 Å². The molecular weight excluding hydrogens is 262 g/mol. The summed E-state index contributed by atoms with van der Waals surface area (Å²) in [4.78, 5) is 12.1. The summed E-state index contributed by atoms with van der Waals surface area (Å²) in [6.07, 6.45) is 3.47. The molecule has 2 aromatic rings. The molecule has 0 bridgehead atoms. The molecule has 3 nitrogen and oxygen atoms in total. The molecule has 0 spiro atoms. The number of amides is 1. The third-order valence-electron chi connectivity index (χ3n) is 3.38. The van der Waals surface area contributed by atoms with Gasteiger partial charge in [-0.2, -0.15) is 0 Å². The van der Waals surface area contributed by atoms with Gasteiger partial charge in [-0.1, -0.05) is 25.5 Å². The molecule has 0 radical (unpaired) electrons. The summed E-state index contributed by atoms with van der Waals surface area (Å²) in [6.45, 7) is 2.18. The van der Waals surface area contributed by atoms with Crippen LogP contribution in [0.15, 0.2) is 48.5 Å². The minimum Gasteiger partial charge on any atom is -0.497 e. The second-order valence-electron chi connectivity index (χ2n) is 4.98. The first-order valence-corrected chi connectivity index (χ1v) is 7.27. The zero-order chi connectivity index (χ0) is 15.1. The lowest BCUT2D eigenvalue weighted by atomic mass is 10.1. The summed E-state index contributed by atoms with van der Waals surface area (Å²) in [5.74, 6) is 0.630. The van der Waals surface area contributed by atoms with Crippen molar-refractivity contribution in [1.29, 1.82) is 0 Å². The Morgan fingerprint density at radius 2 is 1.71 bits per heavy atom. The van der Waals surface area contributed by atoms with Crippen LogP contribution in [0.2, 0.25) is 0 Å². The summed E-state index contributed by atoms with van der Waals surface area (Å²) >= 11 is 0. The summed E-state index contributed by atoms with van der Waals surface area (Å²) in [7, 11) is 1.61. The Kier molecular flexibility index (Phi) is 5.38.